The van der Waals surface area contributed by atoms with Gasteiger partial charge in [0.2, 0.25) is 0 Å². The Hall–Kier alpha value is -0.830. The molecule has 2 saturated heterocycles. The fourth-order valence-corrected chi connectivity index (χ4v) is 4.61. The normalized spacial score (nSPS) is 20.6. The molecule has 1 aromatic rings. The highest BCUT2D eigenvalue weighted by Gasteiger charge is 2.36. The summed E-state index contributed by atoms with van der Waals surface area (Å²) in [7, 11) is 1.84. The Morgan fingerprint density at radius 2 is 2.00 bits per heavy atom. The van der Waals surface area contributed by atoms with Crippen molar-refractivity contribution in [3.05, 3.63) is 47.5 Å². The largest absolute Gasteiger partial charge is 0.381 e. The van der Waals surface area contributed by atoms with E-state index in [4.69, 9.17) is 16.3 Å². The number of guanidine groups is 1. The average Bonchev–Trinajstić information content (AvgIpc) is 2.73. The summed E-state index contributed by atoms with van der Waals surface area (Å²) < 4.78 is 5.64. The van der Waals surface area contributed by atoms with Crippen LogP contribution in [0.15, 0.2) is 41.9 Å². The van der Waals surface area contributed by atoms with E-state index in [2.05, 4.69) is 39.2 Å². The molecule has 2 N–H and O–H groups in total. The van der Waals surface area contributed by atoms with E-state index < -0.39 is 0 Å². The van der Waals surface area contributed by atoms with Crippen LogP contribution in [0.4, 0.5) is 0 Å². The van der Waals surface area contributed by atoms with Gasteiger partial charge in [-0.3, -0.25) is 9.89 Å². The van der Waals surface area contributed by atoms with Crippen LogP contribution < -0.4 is 10.6 Å². The Bertz CT molecular complexity index is 671. The van der Waals surface area contributed by atoms with E-state index in [-0.39, 0.29) is 29.4 Å². The van der Waals surface area contributed by atoms with Crippen molar-refractivity contribution < 1.29 is 4.74 Å². The topological polar surface area (TPSA) is 48.9 Å². The first-order valence-electron chi connectivity index (χ1n) is 10.3. The van der Waals surface area contributed by atoms with Crippen LogP contribution in [-0.4, -0.2) is 63.3 Å². The van der Waals surface area contributed by atoms with Crippen molar-refractivity contribution in [3.8, 4) is 0 Å². The fraction of sp³-hybridized carbons (Fsp3) is 0.591. The highest BCUT2D eigenvalue weighted by molar-refractivity contribution is 14.0. The quantitative estimate of drug-likeness (QED) is 0.253. The second-order valence-corrected chi connectivity index (χ2v) is 8.21. The summed E-state index contributed by atoms with van der Waals surface area (Å²) >= 11 is 6.57. The third-order valence-electron chi connectivity index (χ3n) is 6.03. The third-order valence-corrected chi connectivity index (χ3v) is 6.36. The zero-order chi connectivity index (χ0) is 19.8. The number of piperidine rings is 1. The van der Waals surface area contributed by atoms with Crippen molar-refractivity contribution in [3.63, 3.8) is 0 Å². The minimum atomic E-state index is -0.0263. The number of ether oxygens (including phenoxy) is 1. The highest BCUT2D eigenvalue weighted by atomic mass is 127. The van der Waals surface area contributed by atoms with Gasteiger partial charge in [0, 0.05) is 62.9 Å². The fourth-order valence-electron chi connectivity index (χ4n) is 4.28. The maximum Gasteiger partial charge on any atom is 0.191 e. The third kappa shape index (κ3) is 6.57. The van der Waals surface area contributed by atoms with Gasteiger partial charge in [0.25, 0.3) is 0 Å². The highest BCUT2D eigenvalue weighted by Crippen LogP contribution is 2.38. The zero-order valence-corrected chi connectivity index (χ0v) is 20.4. The monoisotopic (exact) mass is 532 g/mol. The van der Waals surface area contributed by atoms with E-state index in [0.29, 0.717) is 6.04 Å². The number of rotatable bonds is 6. The first-order chi connectivity index (χ1) is 13.7. The lowest BCUT2D eigenvalue weighted by Crippen LogP contribution is -2.52. The molecule has 0 bridgehead atoms. The van der Waals surface area contributed by atoms with Crippen LogP contribution in [-0.2, 0) is 10.2 Å². The number of nitrogens with zero attached hydrogens (tertiary/aromatic N) is 2. The minimum Gasteiger partial charge on any atom is -0.381 e. The van der Waals surface area contributed by atoms with E-state index in [0.717, 1.165) is 76.1 Å². The molecule has 0 radical (unpaired) electrons. The minimum absolute atomic E-state index is 0. The predicted molar refractivity (Wildman–Crippen MR) is 133 cm³/mol. The van der Waals surface area contributed by atoms with Crippen molar-refractivity contribution in [1.29, 1.82) is 0 Å². The van der Waals surface area contributed by atoms with Crippen molar-refractivity contribution >= 4 is 41.5 Å². The first kappa shape index (κ1) is 24.4. The summed E-state index contributed by atoms with van der Waals surface area (Å²) in [5.41, 5.74) is 1.18. The summed E-state index contributed by atoms with van der Waals surface area (Å²) in [4.78, 5) is 6.91. The van der Waals surface area contributed by atoms with Crippen LogP contribution in [0.3, 0.4) is 0 Å². The number of aliphatic imine (C=N–C) groups is 1. The van der Waals surface area contributed by atoms with Gasteiger partial charge in [-0.2, -0.15) is 0 Å². The van der Waals surface area contributed by atoms with Gasteiger partial charge >= 0.3 is 0 Å². The van der Waals surface area contributed by atoms with E-state index in [1.54, 1.807) is 0 Å². The van der Waals surface area contributed by atoms with Gasteiger partial charge in [0.1, 0.15) is 0 Å². The Kier molecular flexibility index (Phi) is 10.2. The molecule has 0 unspecified atom stereocenters. The van der Waals surface area contributed by atoms with Crippen LogP contribution in [0.2, 0.25) is 5.02 Å². The van der Waals surface area contributed by atoms with Crippen molar-refractivity contribution in [2.45, 2.75) is 37.1 Å². The smallest absolute Gasteiger partial charge is 0.191 e. The van der Waals surface area contributed by atoms with Gasteiger partial charge in [-0.15, -0.1) is 30.6 Å². The maximum atomic E-state index is 6.57. The second kappa shape index (κ2) is 12.1. The van der Waals surface area contributed by atoms with Crippen molar-refractivity contribution in [2.24, 2.45) is 4.99 Å². The number of hydrogen-bond acceptors (Lipinski definition) is 3. The molecule has 2 aliphatic rings. The van der Waals surface area contributed by atoms with Crippen LogP contribution in [0.25, 0.3) is 0 Å². The van der Waals surface area contributed by atoms with Gasteiger partial charge in [-0.05, 0) is 37.3 Å². The maximum absolute atomic E-state index is 6.57. The average molecular weight is 533 g/mol. The van der Waals surface area contributed by atoms with Crippen molar-refractivity contribution in [2.75, 3.05) is 46.4 Å². The molecule has 2 aliphatic heterocycles. The van der Waals surface area contributed by atoms with Crippen molar-refractivity contribution in [1.82, 2.24) is 15.5 Å². The molecule has 162 valence electrons. The Morgan fingerprint density at radius 3 is 2.62 bits per heavy atom. The van der Waals surface area contributed by atoms with Crippen LogP contribution in [0.5, 0.6) is 0 Å². The molecule has 0 amide bonds. The lowest BCUT2D eigenvalue weighted by molar-refractivity contribution is 0.0514. The van der Waals surface area contributed by atoms with Gasteiger partial charge < -0.3 is 15.4 Å². The first-order valence-corrected chi connectivity index (χ1v) is 10.7. The van der Waals surface area contributed by atoms with Gasteiger partial charge in [0.05, 0.1) is 0 Å². The van der Waals surface area contributed by atoms with Crippen LogP contribution in [0, 0.1) is 0 Å². The summed E-state index contributed by atoms with van der Waals surface area (Å²) in [5.74, 6) is 0.875. The number of nitrogens with one attached hydrogen (secondary N) is 2. The van der Waals surface area contributed by atoms with Gasteiger partial charge in [-0.25, -0.2) is 0 Å². The summed E-state index contributed by atoms with van der Waals surface area (Å²) in [6, 6.07) is 8.66. The molecule has 29 heavy (non-hydrogen) atoms. The Labute approximate surface area is 197 Å². The molecule has 2 heterocycles. The molecule has 0 saturated carbocycles. The van der Waals surface area contributed by atoms with E-state index >= 15 is 0 Å². The van der Waals surface area contributed by atoms with E-state index in [1.807, 2.05) is 25.3 Å². The molecule has 0 atom stereocenters. The molecular weight excluding hydrogens is 499 g/mol. The standard InChI is InChI=1S/C22H33ClN4O.HI/c1-3-12-27-13-8-18(9-14-27)26-21(24-2)25-17-22(10-15-28-16-11-22)19-6-4-5-7-20(19)23;/h3-7,18H,1,8-17H2,2H3,(H2,24,25,26);1H. The molecule has 0 aliphatic carbocycles. The molecule has 7 heteroatoms. The summed E-state index contributed by atoms with van der Waals surface area (Å²) in [6.07, 6.45) is 6.15. The van der Waals surface area contributed by atoms with Crippen LogP contribution >= 0.6 is 35.6 Å². The molecule has 1 aromatic carbocycles. The van der Waals surface area contributed by atoms with E-state index in [1.165, 1.54) is 5.56 Å². The lowest BCUT2D eigenvalue weighted by Gasteiger charge is -2.39. The number of halogens is 2. The Balaban J connectivity index is 0.00000300. The second-order valence-electron chi connectivity index (χ2n) is 7.81. The van der Waals surface area contributed by atoms with Gasteiger partial charge in [0.15, 0.2) is 5.96 Å². The SMILES string of the molecule is C=CCN1CCC(NC(=NC)NCC2(c3ccccc3Cl)CCOCC2)CC1.I. The number of hydrogen-bond donors (Lipinski definition) is 2. The molecule has 0 spiro atoms. The molecule has 3 rings (SSSR count). The molecule has 2 fully saturated rings. The molecule has 5 nitrogen and oxygen atoms in total. The number of benzene rings is 1. The van der Waals surface area contributed by atoms with Crippen LogP contribution in [0.1, 0.15) is 31.2 Å². The summed E-state index contributed by atoms with van der Waals surface area (Å²) in [6.45, 7) is 9.34. The number of likely N-dealkylation sites (tertiary alicyclic amines) is 1. The molecular formula is C22H34ClIN4O. The summed E-state index contributed by atoms with van der Waals surface area (Å²) in [5, 5.41) is 8.03. The van der Waals surface area contributed by atoms with E-state index in [9.17, 15) is 0 Å². The van der Waals surface area contributed by atoms with Gasteiger partial charge in [-0.1, -0.05) is 35.9 Å². The zero-order valence-electron chi connectivity index (χ0n) is 17.3. The Morgan fingerprint density at radius 1 is 1.31 bits per heavy atom. The predicted octanol–water partition coefficient (Wildman–Crippen LogP) is 3.82. The lowest BCUT2D eigenvalue weighted by atomic mass is 9.74. The molecule has 0 aromatic heterocycles.